The van der Waals surface area contributed by atoms with E-state index in [0.717, 1.165) is 6.26 Å². The zero-order chi connectivity index (χ0) is 15.1. The Morgan fingerprint density at radius 2 is 1.65 bits per heavy atom. The molecular formula is C15H17FO3S. The van der Waals surface area contributed by atoms with Crippen LogP contribution in [0.5, 0.6) is 0 Å². The second-order valence-electron chi connectivity index (χ2n) is 5.46. The second-order valence-corrected chi connectivity index (χ2v) is 8.06. The highest BCUT2D eigenvalue weighted by molar-refractivity contribution is 7.92. The van der Waals surface area contributed by atoms with Crippen LogP contribution in [0, 0.1) is 5.82 Å². The monoisotopic (exact) mass is 296 g/mol. The van der Waals surface area contributed by atoms with Crippen molar-refractivity contribution in [1.29, 1.82) is 0 Å². The van der Waals surface area contributed by atoms with E-state index in [2.05, 4.69) is 0 Å². The number of sulfone groups is 1. The largest absolute Gasteiger partial charge is 0.387 e. The van der Waals surface area contributed by atoms with Crippen molar-refractivity contribution in [2.45, 2.75) is 24.7 Å². The Morgan fingerprint density at radius 1 is 1.10 bits per heavy atom. The summed E-state index contributed by atoms with van der Waals surface area (Å²) in [5.74, 6) is -0.395. The lowest BCUT2D eigenvalue weighted by Gasteiger charge is -2.29. The number of hydrogen-bond acceptors (Lipinski definition) is 3. The van der Waals surface area contributed by atoms with Crippen molar-refractivity contribution in [1.82, 2.24) is 0 Å². The van der Waals surface area contributed by atoms with Gasteiger partial charge in [-0.15, -0.1) is 0 Å². The SMILES string of the molecule is CC(C)(C(O)c1ccc(F)c2ccccc12)S(C)(=O)=O. The molecule has 2 aromatic rings. The molecule has 3 nitrogen and oxygen atoms in total. The lowest BCUT2D eigenvalue weighted by atomic mass is 9.93. The summed E-state index contributed by atoms with van der Waals surface area (Å²) in [7, 11) is -3.47. The van der Waals surface area contributed by atoms with Crippen molar-refractivity contribution in [3.05, 3.63) is 47.8 Å². The molecule has 2 rings (SSSR count). The first-order valence-corrected chi connectivity index (χ1v) is 8.10. The van der Waals surface area contributed by atoms with Crippen LogP contribution < -0.4 is 0 Å². The van der Waals surface area contributed by atoms with Crippen LogP contribution in [0.2, 0.25) is 0 Å². The van der Waals surface area contributed by atoms with Crippen molar-refractivity contribution in [2.75, 3.05) is 6.26 Å². The van der Waals surface area contributed by atoms with Crippen molar-refractivity contribution >= 4 is 20.6 Å². The molecule has 0 fully saturated rings. The molecule has 2 aromatic carbocycles. The van der Waals surface area contributed by atoms with E-state index in [9.17, 15) is 17.9 Å². The summed E-state index contributed by atoms with van der Waals surface area (Å²) in [6.45, 7) is 2.93. The van der Waals surface area contributed by atoms with Gasteiger partial charge in [0.25, 0.3) is 0 Å². The average Bonchev–Trinajstić information content (AvgIpc) is 2.37. The maximum Gasteiger partial charge on any atom is 0.155 e. The minimum Gasteiger partial charge on any atom is -0.387 e. The van der Waals surface area contributed by atoms with Gasteiger partial charge in [0, 0.05) is 11.6 Å². The second kappa shape index (κ2) is 4.82. The van der Waals surface area contributed by atoms with E-state index in [4.69, 9.17) is 0 Å². The molecule has 0 aliphatic carbocycles. The first-order chi connectivity index (χ1) is 9.16. The number of halogens is 1. The van der Waals surface area contributed by atoms with Gasteiger partial charge in [0.05, 0.1) is 10.9 Å². The molecule has 20 heavy (non-hydrogen) atoms. The topological polar surface area (TPSA) is 54.4 Å². The van der Waals surface area contributed by atoms with Gasteiger partial charge in [0.15, 0.2) is 9.84 Å². The first kappa shape index (κ1) is 14.9. The zero-order valence-corrected chi connectivity index (χ0v) is 12.4. The Balaban J connectivity index is 2.68. The molecule has 0 saturated heterocycles. The van der Waals surface area contributed by atoms with Crippen LogP contribution >= 0.6 is 0 Å². The van der Waals surface area contributed by atoms with E-state index in [1.807, 2.05) is 0 Å². The average molecular weight is 296 g/mol. The standard InChI is InChI=1S/C15H17FO3S/c1-15(2,20(3,18)19)14(17)12-8-9-13(16)11-7-5-4-6-10(11)12/h4-9,14,17H,1-3H3. The number of aliphatic hydroxyl groups excluding tert-OH is 1. The fourth-order valence-electron chi connectivity index (χ4n) is 2.10. The van der Waals surface area contributed by atoms with E-state index in [1.54, 1.807) is 24.3 Å². The molecule has 108 valence electrons. The Bertz CT molecular complexity index is 751. The fourth-order valence-corrected chi connectivity index (χ4v) is 2.63. The Kier molecular flexibility index (Phi) is 3.60. The van der Waals surface area contributed by atoms with Crippen LogP contribution in [0.3, 0.4) is 0 Å². The van der Waals surface area contributed by atoms with Crippen LogP contribution in [0.1, 0.15) is 25.5 Å². The maximum atomic E-state index is 13.8. The summed E-state index contributed by atoms with van der Waals surface area (Å²) in [6.07, 6.45) is -0.148. The Hall–Kier alpha value is -1.46. The predicted molar refractivity (Wildman–Crippen MR) is 77.8 cm³/mol. The van der Waals surface area contributed by atoms with Gasteiger partial charge < -0.3 is 5.11 Å². The summed E-state index contributed by atoms with van der Waals surface area (Å²) in [5.41, 5.74) is 0.414. The highest BCUT2D eigenvalue weighted by Gasteiger charge is 2.39. The van der Waals surface area contributed by atoms with E-state index < -0.39 is 26.5 Å². The molecule has 0 aliphatic heterocycles. The van der Waals surface area contributed by atoms with Crippen molar-refractivity contribution < 1.29 is 17.9 Å². The fraction of sp³-hybridized carbons (Fsp3) is 0.333. The quantitative estimate of drug-likeness (QED) is 0.947. The lowest BCUT2D eigenvalue weighted by molar-refractivity contribution is 0.141. The molecule has 0 saturated carbocycles. The van der Waals surface area contributed by atoms with Gasteiger partial charge in [-0.1, -0.05) is 30.3 Å². The van der Waals surface area contributed by atoms with Gasteiger partial charge in [-0.2, -0.15) is 0 Å². The van der Waals surface area contributed by atoms with Crippen LogP contribution in [-0.4, -0.2) is 24.5 Å². The van der Waals surface area contributed by atoms with Gasteiger partial charge in [0.1, 0.15) is 5.82 Å². The number of rotatable bonds is 3. The van der Waals surface area contributed by atoms with Crippen molar-refractivity contribution in [2.24, 2.45) is 0 Å². The molecule has 0 radical (unpaired) electrons. The Labute approximate surface area is 118 Å². The number of benzene rings is 2. The molecule has 1 unspecified atom stereocenters. The molecule has 0 heterocycles. The van der Waals surface area contributed by atoms with E-state index in [-0.39, 0.29) is 0 Å². The highest BCUT2D eigenvalue weighted by Crippen LogP contribution is 2.36. The smallest absolute Gasteiger partial charge is 0.155 e. The third-order valence-corrected chi connectivity index (χ3v) is 5.95. The third kappa shape index (κ3) is 2.31. The van der Waals surface area contributed by atoms with Gasteiger partial charge in [-0.25, -0.2) is 12.8 Å². The van der Waals surface area contributed by atoms with E-state index in [0.29, 0.717) is 16.3 Å². The third-order valence-electron chi connectivity index (χ3n) is 3.81. The molecule has 0 amide bonds. The van der Waals surface area contributed by atoms with Gasteiger partial charge in [-0.3, -0.25) is 0 Å². The van der Waals surface area contributed by atoms with Crippen molar-refractivity contribution in [3.63, 3.8) is 0 Å². The normalized spacial score (nSPS) is 14.4. The molecule has 1 atom stereocenters. The van der Waals surface area contributed by atoms with Crippen LogP contribution in [0.4, 0.5) is 4.39 Å². The summed E-state index contributed by atoms with van der Waals surface area (Å²) < 4.78 is 36.1. The number of aliphatic hydroxyl groups is 1. The minimum atomic E-state index is -3.47. The van der Waals surface area contributed by atoms with Crippen LogP contribution in [0.15, 0.2) is 36.4 Å². The van der Waals surface area contributed by atoms with Crippen LogP contribution in [0.25, 0.3) is 10.8 Å². The molecule has 1 N–H and O–H groups in total. The lowest BCUT2D eigenvalue weighted by Crippen LogP contribution is -2.37. The minimum absolute atomic E-state index is 0.369. The maximum absolute atomic E-state index is 13.8. The van der Waals surface area contributed by atoms with Crippen molar-refractivity contribution in [3.8, 4) is 0 Å². The Morgan fingerprint density at radius 3 is 2.20 bits per heavy atom. The number of hydrogen-bond donors (Lipinski definition) is 1. The molecule has 0 aromatic heterocycles. The van der Waals surface area contributed by atoms with Gasteiger partial charge in [0.2, 0.25) is 0 Å². The summed E-state index contributed by atoms with van der Waals surface area (Å²) in [4.78, 5) is 0. The molecule has 0 bridgehead atoms. The summed E-state index contributed by atoms with van der Waals surface area (Å²) in [6, 6.07) is 9.40. The predicted octanol–water partition coefficient (Wildman–Crippen LogP) is 2.84. The molecule has 5 heteroatoms. The number of fused-ring (bicyclic) bond motifs is 1. The summed E-state index contributed by atoms with van der Waals surface area (Å²) in [5, 5.41) is 11.4. The summed E-state index contributed by atoms with van der Waals surface area (Å²) >= 11 is 0. The van der Waals surface area contributed by atoms with Gasteiger partial charge in [-0.05, 0) is 30.9 Å². The molecular weight excluding hydrogens is 279 g/mol. The van der Waals surface area contributed by atoms with Crippen LogP contribution in [-0.2, 0) is 9.84 Å². The first-order valence-electron chi connectivity index (χ1n) is 6.21. The molecule has 0 aliphatic rings. The highest BCUT2D eigenvalue weighted by atomic mass is 32.2. The zero-order valence-electron chi connectivity index (χ0n) is 11.6. The molecule has 0 spiro atoms. The van der Waals surface area contributed by atoms with Gasteiger partial charge >= 0.3 is 0 Å². The van der Waals surface area contributed by atoms with E-state index >= 15 is 0 Å². The van der Waals surface area contributed by atoms with E-state index in [1.165, 1.54) is 26.0 Å².